The first-order valence-corrected chi connectivity index (χ1v) is 10.2. The third-order valence-corrected chi connectivity index (χ3v) is 6.19. The highest BCUT2D eigenvalue weighted by molar-refractivity contribution is 6.10. The Morgan fingerprint density at radius 3 is 2.34 bits per heavy atom. The molecule has 2 saturated carbocycles. The van der Waals surface area contributed by atoms with Gasteiger partial charge >= 0.3 is 6.03 Å². The van der Waals surface area contributed by atoms with Gasteiger partial charge in [0.15, 0.2) is 0 Å². The van der Waals surface area contributed by atoms with Crippen LogP contribution in [0, 0.1) is 11.8 Å². The molecule has 1 spiro atoms. The molecule has 1 aromatic carbocycles. The molecule has 3 aliphatic rings. The van der Waals surface area contributed by atoms with E-state index in [0.717, 1.165) is 37.0 Å². The Labute approximate surface area is 169 Å². The summed E-state index contributed by atoms with van der Waals surface area (Å²) < 4.78 is 0. The summed E-state index contributed by atoms with van der Waals surface area (Å²) in [7, 11) is 0. The van der Waals surface area contributed by atoms with Crippen LogP contribution in [0.2, 0.25) is 0 Å². The molecule has 0 bridgehead atoms. The fourth-order valence-corrected chi connectivity index (χ4v) is 4.21. The monoisotopic (exact) mass is 398 g/mol. The average Bonchev–Trinajstić information content (AvgIpc) is 3.51. The van der Waals surface area contributed by atoms with Crippen molar-refractivity contribution >= 4 is 35.1 Å². The van der Waals surface area contributed by atoms with Crippen molar-refractivity contribution in [2.45, 2.75) is 51.0 Å². The van der Waals surface area contributed by atoms with E-state index in [0.29, 0.717) is 17.8 Å². The molecule has 3 fully saturated rings. The molecule has 5 amide bonds. The number of nitrogens with zero attached hydrogens (tertiary/aromatic N) is 1. The normalized spacial score (nSPS) is 26.4. The maximum absolute atomic E-state index is 12.9. The highest BCUT2D eigenvalue weighted by atomic mass is 16.2. The van der Waals surface area contributed by atoms with Crippen LogP contribution in [0.5, 0.6) is 0 Å². The van der Waals surface area contributed by atoms with Gasteiger partial charge in [0.05, 0.1) is 0 Å². The summed E-state index contributed by atoms with van der Waals surface area (Å²) in [6, 6.07) is 6.27. The Morgan fingerprint density at radius 2 is 1.72 bits per heavy atom. The van der Waals surface area contributed by atoms with Gasteiger partial charge < -0.3 is 16.0 Å². The quantitative estimate of drug-likeness (QED) is 0.662. The minimum Gasteiger partial charge on any atom is -0.326 e. The van der Waals surface area contributed by atoms with E-state index in [1.807, 2.05) is 6.92 Å². The number of anilines is 2. The lowest BCUT2D eigenvalue weighted by Crippen LogP contribution is -2.54. The second-order valence-corrected chi connectivity index (χ2v) is 8.33. The van der Waals surface area contributed by atoms with Gasteiger partial charge in [0.25, 0.3) is 5.91 Å². The average molecular weight is 398 g/mol. The van der Waals surface area contributed by atoms with Crippen molar-refractivity contribution in [3.63, 3.8) is 0 Å². The second-order valence-electron chi connectivity index (χ2n) is 8.33. The van der Waals surface area contributed by atoms with Gasteiger partial charge in [-0.2, -0.15) is 0 Å². The van der Waals surface area contributed by atoms with Gasteiger partial charge in [-0.3, -0.25) is 19.3 Å². The molecule has 8 nitrogen and oxygen atoms in total. The van der Waals surface area contributed by atoms with E-state index >= 15 is 0 Å². The van der Waals surface area contributed by atoms with Gasteiger partial charge in [0, 0.05) is 17.3 Å². The van der Waals surface area contributed by atoms with E-state index in [1.54, 1.807) is 24.3 Å². The fourth-order valence-electron chi connectivity index (χ4n) is 4.21. The molecule has 3 N–H and O–H groups in total. The highest BCUT2D eigenvalue weighted by Crippen LogP contribution is 2.38. The third kappa shape index (κ3) is 3.83. The first kappa shape index (κ1) is 19.4. The molecule has 0 aromatic heterocycles. The lowest BCUT2D eigenvalue weighted by atomic mass is 9.73. The number of benzene rings is 1. The Morgan fingerprint density at radius 1 is 1.07 bits per heavy atom. The van der Waals surface area contributed by atoms with Crippen molar-refractivity contribution in [1.82, 2.24) is 10.2 Å². The molecule has 1 saturated heterocycles. The molecule has 1 aromatic rings. The number of hydrogen-bond acceptors (Lipinski definition) is 4. The van der Waals surface area contributed by atoms with Crippen LogP contribution in [-0.2, 0) is 14.4 Å². The highest BCUT2D eigenvalue weighted by Gasteiger charge is 2.55. The number of imide groups is 1. The molecular formula is C21H26N4O4. The number of carbonyl (C=O) groups is 4. The van der Waals surface area contributed by atoms with Crippen molar-refractivity contribution in [2.24, 2.45) is 11.8 Å². The van der Waals surface area contributed by atoms with Crippen molar-refractivity contribution in [3.8, 4) is 0 Å². The summed E-state index contributed by atoms with van der Waals surface area (Å²) >= 11 is 0. The SMILES string of the molecule is C[C@H]1CCCC[C@]12NC(=O)N(CC(=O)Nc1ccc(NC(=O)C3CC3)cc1)C2=O. The Bertz CT molecular complexity index is 849. The summed E-state index contributed by atoms with van der Waals surface area (Å²) in [5, 5.41) is 8.38. The lowest BCUT2D eigenvalue weighted by molar-refractivity contribution is -0.136. The van der Waals surface area contributed by atoms with E-state index < -0.39 is 17.5 Å². The molecular weight excluding hydrogens is 372 g/mol. The molecule has 0 unspecified atom stereocenters. The van der Waals surface area contributed by atoms with Crippen LogP contribution >= 0.6 is 0 Å². The van der Waals surface area contributed by atoms with Crippen LogP contribution in [0.4, 0.5) is 16.2 Å². The molecule has 2 aliphatic carbocycles. The van der Waals surface area contributed by atoms with E-state index in [-0.39, 0.29) is 30.2 Å². The zero-order valence-electron chi connectivity index (χ0n) is 16.5. The van der Waals surface area contributed by atoms with Crippen LogP contribution in [0.3, 0.4) is 0 Å². The van der Waals surface area contributed by atoms with Gasteiger partial charge in [0.2, 0.25) is 11.8 Å². The van der Waals surface area contributed by atoms with Crippen molar-refractivity contribution in [3.05, 3.63) is 24.3 Å². The zero-order chi connectivity index (χ0) is 20.6. The van der Waals surface area contributed by atoms with E-state index in [2.05, 4.69) is 16.0 Å². The van der Waals surface area contributed by atoms with Crippen LogP contribution in [-0.4, -0.2) is 40.7 Å². The molecule has 2 atom stereocenters. The summed E-state index contributed by atoms with van der Waals surface area (Å²) in [6.45, 7) is 1.66. The number of rotatable bonds is 5. The van der Waals surface area contributed by atoms with Gasteiger partial charge in [-0.25, -0.2) is 4.79 Å². The minimum absolute atomic E-state index is 0.0196. The van der Waals surface area contributed by atoms with Gasteiger partial charge in [-0.15, -0.1) is 0 Å². The minimum atomic E-state index is -0.864. The van der Waals surface area contributed by atoms with E-state index in [1.165, 1.54) is 0 Å². The predicted octanol–water partition coefficient (Wildman–Crippen LogP) is 2.47. The first-order chi connectivity index (χ1) is 13.9. The molecule has 29 heavy (non-hydrogen) atoms. The molecule has 4 rings (SSSR count). The molecule has 1 aliphatic heterocycles. The second kappa shape index (κ2) is 7.50. The lowest BCUT2D eigenvalue weighted by Gasteiger charge is -2.36. The van der Waals surface area contributed by atoms with E-state index in [9.17, 15) is 19.2 Å². The van der Waals surface area contributed by atoms with Gasteiger partial charge in [0.1, 0.15) is 12.1 Å². The third-order valence-electron chi connectivity index (χ3n) is 6.19. The number of hydrogen-bond donors (Lipinski definition) is 3. The van der Waals surface area contributed by atoms with Crippen LogP contribution in [0.15, 0.2) is 24.3 Å². The predicted molar refractivity (Wildman–Crippen MR) is 107 cm³/mol. The number of carbonyl (C=O) groups excluding carboxylic acids is 4. The molecule has 0 radical (unpaired) electrons. The Hall–Kier alpha value is -2.90. The summed E-state index contributed by atoms with van der Waals surface area (Å²) in [6.07, 6.45) is 5.30. The Balaban J connectivity index is 1.35. The summed E-state index contributed by atoms with van der Waals surface area (Å²) in [4.78, 5) is 50.5. The molecule has 8 heteroatoms. The summed E-state index contributed by atoms with van der Waals surface area (Å²) in [5.41, 5.74) is 0.339. The van der Waals surface area contributed by atoms with Crippen molar-refractivity contribution in [2.75, 3.05) is 17.2 Å². The molecule has 154 valence electrons. The van der Waals surface area contributed by atoms with Crippen molar-refractivity contribution < 1.29 is 19.2 Å². The number of nitrogens with one attached hydrogen (secondary N) is 3. The largest absolute Gasteiger partial charge is 0.326 e. The smallest absolute Gasteiger partial charge is 0.325 e. The number of urea groups is 1. The summed E-state index contributed by atoms with van der Waals surface area (Å²) in [5.74, 6) is -0.550. The first-order valence-electron chi connectivity index (χ1n) is 10.2. The Kier molecular flexibility index (Phi) is 5.02. The zero-order valence-corrected chi connectivity index (χ0v) is 16.5. The van der Waals surface area contributed by atoms with Gasteiger partial charge in [-0.05, 0) is 55.9 Å². The standard InChI is InChI=1S/C21H26N4O4/c1-13-4-2-3-11-21(13)19(28)25(20(29)24-21)12-17(26)22-15-7-9-16(10-8-15)23-18(27)14-5-6-14/h7-10,13-14H,2-6,11-12H2,1H3,(H,22,26)(H,23,27)(H,24,29)/t13-,21-/m0/s1. The van der Waals surface area contributed by atoms with Crippen LogP contribution in [0.1, 0.15) is 45.4 Å². The van der Waals surface area contributed by atoms with Gasteiger partial charge in [-0.1, -0.05) is 19.8 Å². The van der Waals surface area contributed by atoms with Crippen molar-refractivity contribution in [1.29, 1.82) is 0 Å². The van der Waals surface area contributed by atoms with Crippen LogP contribution in [0.25, 0.3) is 0 Å². The topological polar surface area (TPSA) is 108 Å². The maximum Gasteiger partial charge on any atom is 0.325 e. The number of amides is 5. The van der Waals surface area contributed by atoms with Crippen LogP contribution < -0.4 is 16.0 Å². The van der Waals surface area contributed by atoms with E-state index in [4.69, 9.17) is 0 Å². The fraction of sp³-hybridized carbons (Fsp3) is 0.524. The maximum atomic E-state index is 12.9. The molecule has 1 heterocycles.